The maximum Gasteiger partial charge on any atom is 0.259 e. The van der Waals surface area contributed by atoms with Crippen LogP contribution in [-0.4, -0.2) is 41.5 Å². The molecule has 2 amide bonds. The zero-order valence-electron chi connectivity index (χ0n) is 20.1. The number of pyridine rings is 1. The summed E-state index contributed by atoms with van der Waals surface area (Å²) in [5, 5.41) is 2.72. The van der Waals surface area contributed by atoms with Gasteiger partial charge in [0.05, 0.1) is 13.7 Å². The molecule has 0 unspecified atom stereocenters. The maximum atomic E-state index is 13.1. The Balaban J connectivity index is 1.88. The van der Waals surface area contributed by atoms with Crippen LogP contribution in [0, 0.1) is 6.92 Å². The van der Waals surface area contributed by atoms with Crippen LogP contribution >= 0.6 is 0 Å². The molecule has 0 aliphatic carbocycles. The van der Waals surface area contributed by atoms with Crippen molar-refractivity contribution in [3.63, 3.8) is 0 Å². The highest BCUT2D eigenvalue weighted by Crippen LogP contribution is 2.13. The van der Waals surface area contributed by atoms with Crippen molar-refractivity contribution >= 4 is 11.8 Å². The van der Waals surface area contributed by atoms with Gasteiger partial charge in [0.1, 0.15) is 28.4 Å². The molecule has 0 saturated heterocycles. The van der Waals surface area contributed by atoms with Crippen molar-refractivity contribution in [2.75, 3.05) is 20.2 Å². The summed E-state index contributed by atoms with van der Waals surface area (Å²) < 4.78 is 12.4. The number of aryl methyl sites for hydroxylation is 3. The van der Waals surface area contributed by atoms with E-state index in [1.165, 1.54) is 6.20 Å². The summed E-state index contributed by atoms with van der Waals surface area (Å²) in [4.78, 5) is 40.7. The molecule has 0 saturated carbocycles. The van der Waals surface area contributed by atoms with E-state index >= 15 is 0 Å². The van der Waals surface area contributed by atoms with E-state index in [9.17, 15) is 14.4 Å². The van der Waals surface area contributed by atoms with Gasteiger partial charge >= 0.3 is 0 Å². The summed E-state index contributed by atoms with van der Waals surface area (Å²) in [6.07, 6.45) is 3.70. The van der Waals surface area contributed by atoms with Gasteiger partial charge < -0.3 is 23.9 Å². The molecule has 3 aromatic rings. The van der Waals surface area contributed by atoms with E-state index in [1.54, 1.807) is 34.9 Å². The van der Waals surface area contributed by atoms with Gasteiger partial charge in [-0.05, 0) is 57.0 Å². The number of hydrogen-bond acceptors (Lipinski definition) is 5. The van der Waals surface area contributed by atoms with Crippen molar-refractivity contribution in [2.45, 2.75) is 40.3 Å². The second-order valence-electron chi connectivity index (χ2n) is 7.92. The van der Waals surface area contributed by atoms with Gasteiger partial charge in [-0.25, -0.2) is 0 Å². The van der Waals surface area contributed by atoms with Gasteiger partial charge in [-0.15, -0.1) is 0 Å². The van der Waals surface area contributed by atoms with Gasteiger partial charge in [-0.2, -0.15) is 0 Å². The van der Waals surface area contributed by atoms with E-state index < -0.39 is 11.3 Å². The summed E-state index contributed by atoms with van der Waals surface area (Å²) in [5.74, 6) is 1.15. The lowest BCUT2D eigenvalue weighted by molar-refractivity contribution is 0.0770. The Morgan fingerprint density at radius 1 is 1.03 bits per heavy atom. The van der Waals surface area contributed by atoms with Crippen LogP contribution in [0.3, 0.4) is 0 Å². The number of ether oxygens (including phenoxy) is 1. The number of methoxy groups -OCH3 is 1. The molecule has 1 N–H and O–H groups in total. The average molecular weight is 466 g/mol. The summed E-state index contributed by atoms with van der Waals surface area (Å²) >= 11 is 0. The Kier molecular flexibility index (Phi) is 8.29. The highest BCUT2D eigenvalue weighted by Gasteiger charge is 2.22. The Morgan fingerprint density at radius 2 is 1.71 bits per heavy atom. The lowest BCUT2D eigenvalue weighted by Gasteiger charge is -2.19. The molecule has 0 bridgehead atoms. The number of nitrogens with one attached hydrogen (secondary N) is 1. The van der Waals surface area contributed by atoms with E-state index in [-0.39, 0.29) is 23.6 Å². The first kappa shape index (κ1) is 24.8. The Hall–Kier alpha value is -3.81. The monoisotopic (exact) mass is 465 g/mol. The minimum Gasteiger partial charge on any atom is -0.497 e. The lowest BCUT2D eigenvalue weighted by atomic mass is 10.1. The molecule has 1 aromatic carbocycles. The Labute approximate surface area is 199 Å². The smallest absolute Gasteiger partial charge is 0.259 e. The molecule has 8 nitrogen and oxygen atoms in total. The minimum atomic E-state index is -0.578. The number of carbonyl (C=O) groups excluding carboxylic acids is 2. The molecular weight excluding hydrogens is 434 g/mol. The normalized spacial score (nSPS) is 10.7. The van der Waals surface area contributed by atoms with Crippen LogP contribution in [0.25, 0.3) is 0 Å². The van der Waals surface area contributed by atoms with Crippen LogP contribution in [0.15, 0.2) is 58.0 Å². The molecule has 2 heterocycles. The Bertz CT molecular complexity index is 1190. The number of amides is 2. The molecule has 34 heavy (non-hydrogen) atoms. The van der Waals surface area contributed by atoms with Gasteiger partial charge in [-0.3, -0.25) is 14.4 Å². The van der Waals surface area contributed by atoms with Crippen LogP contribution in [0.5, 0.6) is 5.75 Å². The van der Waals surface area contributed by atoms with Gasteiger partial charge in [0, 0.05) is 32.0 Å². The third-order valence-corrected chi connectivity index (χ3v) is 5.64. The van der Waals surface area contributed by atoms with E-state index in [2.05, 4.69) is 5.32 Å². The van der Waals surface area contributed by atoms with Crippen LogP contribution in [0.1, 0.15) is 51.6 Å². The number of benzene rings is 1. The topological polar surface area (TPSA) is 93.8 Å². The van der Waals surface area contributed by atoms with Crippen molar-refractivity contribution in [1.82, 2.24) is 14.8 Å². The molecule has 0 spiro atoms. The molecule has 2 aromatic heterocycles. The van der Waals surface area contributed by atoms with E-state index in [4.69, 9.17) is 9.15 Å². The van der Waals surface area contributed by atoms with Crippen molar-refractivity contribution < 1.29 is 18.7 Å². The first-order valence-electron chi connectivity index (χ1n) is 11.4. The molecule has 0 radical (unpaired) electrons. The highest BCUT2D eigenvalue weighted by molar-refractivity contribution is 5.99. The van der Waals surface area contributed by atoms with E-state index in [0.29, 0.717) is 31.8 Å². The van der Waals surface area contributed by atoms with Crippen molar-refractivity contribution in [3.05, 3.63) is 87.2 Å². The molecule has 0 atom stereocenters. The van der Waals surface area contributed by atoms with Gasteiger partial charge in [0.15, 0.2) is 0 Å². The summed E-state index contributed by atoms with van der Waals surface area (Å²) in [6.45, 7) is 7.09. The third kappa shape index (κ3) is 5.95. The quantitative estimate of drug-likeness (QED) is 0.495. The number of hydrogen-bond donors (Lipinski definition) is 1. The number of carbonyl (C=O) groups is 2. The standard InChI is InChI=1S/C26H31N3O5/c1-5-29(6-2)26(32)23-17-28(14-13-19-8-11-20(33-4)12-9-19)16-22(24(23)30)25(31)27-15-21-10-7-18(3)34-21/h7-12,16-17H,5-6,13-15H2,1-4H3,(H,27,31). The summed E-state index contributed by atoms with van der Waals surface area (Å²) in [5.41, 5.74) is 0.400. The average Bonchev–Trinajstić information content (AvgIpc) is 3.27. The first-order chi connectivity index (χ1) is 16.4. The van der Waals surface area contributed by atoms with Crippen LogP contribution in [0.4, 0.5) is 0 Å². The molecule has 180 valence electrons. The Morgan fingerprint density at radius 3 is 2.29 bits per heavy atom. The largest absolute Gasteiger partial charge is 0.497 e. The van der Waals surface area contributed by atoms with Crippen molar-refractivity contribution in [3.8, 4) is 5.75 Å². The van der Waals surface area contributed by atoms with Gasteiger partial charge in [0.2, 0.25) is 5.43 Å². The fourth-order valence-corrected chi connectivity index (χ4v) is 3.65. The lowest BCUT2D eigenvalue weighted by Crippen LogP contribution is -2.37. The zero-order valence-corrected chi connectivity index (χ0v) is 20.1. The second-order valence-corrected chi connectivity index (χ2v) is 7.92. The fraction of sp³-hybridized carbons (Fsp3) is 0.346. The first-order valence-corrected chi connectivity index (χ1v) is 11.4. The van der Waals surface area contributed by atoms with Crippen molar-refractivity contribution in [2.24, 2.45) is 0 Å². The number of rotatable bonds is 10. The van der Waals surface area contributed by atoms with Gasteiger partial charge in [0.25, 0.3) is 11.8 Å². The zero-order chi connectivity index (χ0) is 24.7. The molecule has 0 fully saturated rings. The summed E-state index contributed by atoms with van der Waals surface area (Å²) in [6, 6.07) is 11.3. The van der Waals surface area contributed by atoms with Crippen LogP contribution in [0.2, 0.25) is 0 Å². The molecule has 3 rings (SSSR count). The van der Waals surface area contributed by atoms with E-state index in [1.807, 2.05) is 45.0 Å². The molecule has 8 heteroatoms. The predicted octanol–water partition coefficient (Wildman–Crippen LogP) is 3.41. The van der Waals surface area contributed by atoms with Gasteiger partial charge in [-0.1, -0.05) is 12.1 Å². The second kappa shape index (κ2) is 11.4. The summed E-state index contributed by atoms with van der Waals surface area (Å²) in [7, 11) is 1.61. The molecular formula is C26H31N3O5. The number of aromatic nitrogens is 1. The molecule has 0 aliphatic heterocycles. The predicted molar refractivity (Wildman–Crippen MR) is 129 cm³/mol. The highest BCUT2D eigenvalue weighted by atomic mass is 16.5. The SMILES string of the molecule is CCN(CC)C(=O)c1cn(CCc2ccc(OC)cc2)cc(C(=O)NCc2ccc(C)o2)c1=O. The van der Waals surface area contributed by atoms with Crippen LogP contribution < -0.4 is 15.5 Å². The minimum absolute atomic E-state index is 0.0140. The van der Waals surface area contributed by atoms with Crippen LogP contribution in [-0.2, 0) is 19.5 Å². The number of nitrogens with zero attached hydrogens (tertiary/aromatic N) is 2. The fourth-order valence-electron chi connectivity index (χ4n) is 3.65. The third-order valence-electron chi connectivity index (χ3n) is 5.64. The molecule has 0 aliphatic rings. The number of furan rings is 1. The van der Waals surface area contributed by atoms with E-state index in [0.717, 1.165) is 17.1 Å². The van der Waals surface area contributed by atoms with Crippen molar-refractivity contribution in [1.29, 1.82) is 0 Å². The maximum absolute atomic E-state index is 13.1.